The van der Waals surface area contributed by atoms with E-state index < -0.39 is 18.4 Å². The van der Waals surface area contributed by atoms with Crippen LogP contribution in [0.5, 0.6) is 0 Å². The van der Waals surface area contributed by atoms with Crippen LogP contribution in [0.4, 0.5) is 9.59 Å². The summed E-state index contributed by atoms with van der Waals surface area (Å²) in [5.41, 5.74) is 0. The van der Waals surface area contributed by atoms with Gasteiger partial charge < -0.3 is 20.5 Å². The maximum absolute atomic E-state index is 11.2. The van der Waals surface area contributed by atoms with E-state index in [1.54, 1.807) is 0 Å². The fraction of sp³-hybridized carbons (Fsp3) is 0.800. The molecule has 1 unspecified atom stereocenters. The van der Waals surface area contributed by atoms with Gasteiger partial charge >= 0.3 is 12.2 Å². The number of ether oxygens (including phenoxy) is 1. The molecule has 0 bridgehead atoms. The zero-order valence-electron chi connectivity index (χ0n) is 9.78. The van der Waals surface area contributed by atoms with Crippen LogP contribution in [0.15, 0.2) is 0 Å². The molecule has 2 amide bonds. The summed E-state index contributed by atoms with van der Waals surface area (Å²) in [4.78, 5) is 21.6. The molecular formula is C10H20N2O4. The van der Waals surface area contributed by atoms with Crippen molar-refractivity contribution in [2.45, 2.75) is 45.7 Å². The zero-order valence-corrected chi connectivity index (χ0v) is 9.78. The number of rotatable bonds is 7. The summed E-state index contributed by atoms with van der Waals surface area (Å²) < 4.78 is 4.86. The molecule has 0 aliphatic carbocycles. The minimum absolute atomic E-state index is 0.355. The number of hydrogen-bond donors (Lipinski definition) is 3. The number of hydrogen-bond acceptors (Lipinski definition) is 3. The first-order valence-corrected chi connectivity index (χ1v) is 5.52. The smallest absolute Gasteiger partial charge is 0.408 e. The van der Waals surface area contributed by atoms with Crippen LogP contribution in [0.2, 0.25) is 0 Å². The van der Waals surface area contributed by atoms with Crippen LogP contribution in [0, 0.1) is 0 Å². The van der Waals surface area contributed by atoms with E-state index in [0.29, 0.717) is 13.0 Å². The highest BCUT2D eigenvalue weighted by Crippen LogP contribution is 1.95. The molecule has 0 radical (unpaired) electrons. The summed E-state index contributed by atoms with van der Waals surface area (Å²) in [7, 11) is 0. The van der Waals surface area contributed by atoms with Crippen LogP contribution in [0.1, 0.15) is 39.5 Å². The van der Waals surface area contributed by atoms with Crippen molar-refractivity contribution in [3.05, 3.63) is 0 Å². The quantitative estimate of drug-likeness (QED) is 0.462. The monoisotopic (exact) mass is 232 g/mol. The summed E-state index contributed by atoms with van der Waals surface area (Å²) in [6, 6.07) is 0. The Balaban J connectivity index is 3.87. The summed E-state index contributed by atoms with van der Waals surface area (Å²) in [5, 5.41) is 13.2. The Morgan fingerprint density at radius 3 is 2.44 bits per heavy atom. The van der Waals surface area contributed by atoms with Gasteiger partial charge in [-0.05, 0) is 12.8 Å². The molecule has 0 aromatic heterocycles. The average Bonchev–Trinajstić information content (AvgIpc) is 2.17. The van der Waals surface area contributed by atoms with Gasteiger partial charge in [-0.3, -0.25) is 0 Å². The number of nitrogens with one attached hydrogen (secondary N) is 2. The van der Waals surface area contributed by atoms with Crippen LogP contribution >= 0.6 is 0 Å². The van der Waals surface area contributed by atoms with E-state index in [9.17, 15) is 9.59 Å². The van der Waals surface area contributed by atoms with Crippen molar-refractivity contribution in [3.63, 3.8) is 0 Å². The Hall–Kier alpha value is -1.46. The molecule has 3 N–H and O–H groups in total. The van der Waals surface area contributed by atoms with Gasteiger partial charge in [0.15, 0.2) is 0 Å². The van der Waals surface area contributed by atoms with Gasteiger partial charge in [-0.2, -0.15) is 0 Å². The maximum atomic E-state index is 11.2. The van der Waals surface area contributed by atoms with E-state index >= 15 is 0 Å². The van der Waals surface area contributed by atoms with Crippen LogP contribution in [0.3, 0.4) is 0 Å². The lowest BCUT2D eigenvalue weighted by Gasteiger charge is -2.17. The van der Waals surface area contributed by atoms with E-state index in [2.05, 4.69) is 10.6 Å². The molecule has 0 aliphatic rings. The van der Waals surface area contributed by atoms with Crippen LogP contribution < -0.4 is 10.6 Å². The summed E-state index contributed by atoms with van der Waals surface area (Å²) >= 11 is 0. The number of unbranched alkanes of at least 4 members (excludes halogenated alkanes) is 1. The van der Waals surface area contributed by atoms with Crippen molar-refractivity contribution >= 4 is 12.2 Å². The first-order chi connectivity index (χ1) is 7.60. The van der Waals surface area contributed by atoms with Crippen LogP contribution in [-0.2, 0) is 4.74 Å². The van der Waals surface area contributed by atoms with E-state index in [1.165, 1.54) is 0 Å². The molecule has 6 heteroatoms. The topological polar surface area (TPSA) is 87.7 Å². The normalized spacial score (nSPS) is 11.6. The van der Waals surface area contributed by atoms with Crippen molar-refractivity contribution < 1.29 is 19.4 Å². The highest BCUT2D eigenvalue weighted by atomic mass is 16.5. The van der Waals surface area contributed by atoms with Gasteiger partial charge in [0, 0.05) is 0 Å². The first-order valence-electron chi connectivity index (χ1n) is 5.52. The lowest BCUT2D eigenvalue weighted by molar-refractivity contribution is 0.136. The van der Waals surface area contributed by atoms with Gasteiger partial charge in [0.1, 0.15) is 6.17 Å². The van der Waals surface area contributed by atoms with Gasteiger partial charge in [-0.1, -0.05) is 26.7 Å². The molecule has 0 heterocycles. The molecule has 6 nitrogen and oxygen atoms in total. The summed E-state index contributed by atoms with van der Waals surface area (Å²) in [6.07, 6.45) is 0.719. The highest BCUT2D eigenvalue weighted by Gasteiger charge is 2.13. The maximum Gasteiger partial charge on any atom is 0.408 e. The molecule has 0 saturated carbocycles. The second kappa shape index (κ2) is 8.82. The van der Waals surface area contributed by atoms with Crippen molar-refractivity contribution in [1.82, 2.24) is 10.6 Å². The fourth-order valence-corrected chi connectivity index (χ4v) is 1.11. The Morgan fingerprint density at radius 2 is 1.94 bits per heavy atom. The van der Waals surface area contributed by atoms with Crippen LogP contribution in [0.25, 0.3) is 0 Å². The Kier molecular flexibility index (Phi) is 8.01. The van der Waals surface area contributed by atoms with Gasteiger partial charge in [0.25, 0.3) is 0 Å². The van der Waals surface area contributed by atoms with E-state index in [0.717, 1.165) is 19.3 Å². The molecule has 1 atom stereocenters. The summed E-state index contributed by atoms with van der Waals surface area (Å²) in [5.74, 6) is 0. The highest BCUT2D eigenvalue weighted by molar-refractivity contribution is 5.69. The number of amides is 2. The van der Waals surface area contributed by atoms with Crippen molar-refractivity contribution in [1.29, 1.82) is 0 Å². The van der Waals surface area contributed by atoms with Crippen molar-refractivity contribution in [2.75, 3.05) is 6.61 Å². The molecular weight excluding hydrogens is 212 g/mol. The van der Waals surface area contributed by atoms with Crippen molar-refractivity contribution in [2.24, 2.45) is 0 Å². The first kappa shape index (κ1) is 14.5. The third kappa shape index (κ3) is 7.90. The number of carboxylic acid groups (broad SMARTS) is 1. The minimum atomic E-state index is -1.16. The van der Waals surface area contributed by atoms with Gasteiger partial charge in [-0.15, -0.1) is 0 Å². The largest absolute Gasteiger partial charge is 0.465 e. The second-order valence-electron chi connectivity index (χ2n) is 3.42. The predicted octanol–water partition coefficient (Wildman–Crippen LogP) is 1.91. The lowest BCUT2D eigenvalue weighted by Crippen LogP contribution is -2.47. The fourth-order valence-electron chi connectivity index (χ4n) is 1.11. The molecule has 0 fully saturated rings. The molecule has 0 aliphatic heterocycles. The van der Waals surface area contributed by atoms with E-state index in [-0.39, 0.29) is 0 Å². The molecule has 16 heavy (non-hydrogen) atoms. The predicted molar refractivity (Wildman–Crippen MR) is 59.2 cm³/mol. The molecule has 0 aromatic rings. The molecule has 0 spiro atoms. The van der Waals surface area contributed by atoms with Crippen molar-refractivity contribution in [3.8, 4) is 0 Å². The third-order valence-corrected chi connectivity index (χ3v) is 1.90. The minimum Gasteiger partial charge on any atom is -0.465 e. The lowest BCUT2D eigenvalue weighted by atomic mass is 10.3. The number of carbonyl (C=O) groups is 2. The molecule has 94 valence electrons. The number of alkyl carbamates (subject to hydrolysis) is 1. The van der Waals surface area contributed by atoms with E-state index in [4.69, 9.17) is 9.84 Å². The molecule has 0 saturated heterocycles. The SMILES string of the molecule is CCCCOC(=O)NC(CCC)NC(=O)O. The van der Waals surface area contributed by atoms with E-state index in [1.807, 2.05) is 13.8 Å². The summed E-state index contributed by atoms with van der Waals surface area (Å²) in [6.45, 7) is 4.25. The van der Waals surface area contributed by atoms with Gasteiger partial charge in [-0.25, -0.2) is 9.59 Å². The Bertz CT molecular complexity index is 221. The third-order valence-electron chi connectivity index (χ3n) is 1.90. The second-order valence-corrected chi connectivity index (χ2v) is 3.42. The molecule has 0 aromatic carbocycles. The van der Waals surface area contributed by atoms with Crippen LogP contribution in [-0.4, -0.2) is 30.1 Å². The average molecular weight is 232 g/mol. The molecule has 0 rings (SSSR count). The Morgan fingerprint density at radius 1 is 1.25 bits per heavy atom. The standard InChI is InChI=1S/C10H20N2O4/c1-3-5-7-16-10(15)12-8(6-4-2)11-9(13)14/h8,11H,3-7H2,1-2H3,(H,12,15)(H,13,14). The van der Waals surface area contributed by atoms with Gasteiger partial charge in [0.05, 0.1) is 6.61 Å². The van der Waals surface area contributed by atoms with Gasteiger partial charge in [0.2, 0.25) is 0 Å². The Labute approximate surface area is 95.4 Å². The number of carbonyl (C=O) groups excluding carboxylic acids is 1. The zero-order chi connectivity index (χ0) is 12.4.